The van der Waals surface area contributed by atoms with Crippen LogP contribution in [0.5, 0.6) is 0 Å². The average Bonchev–Trinajstić information content (AvgIpc) is 2.44. The highest BCUT2D eigenvalue weighted by molar-refractivity contribution is 7.99. The first kappa shape index (κ1) is 15.4. The third kappa shape index (κ3) is 3.98. The highest BCUT2D eigenvalue weighted by Crippen LogP contribution is 2.33. The second kappa shape index (κ2) is 7.11. The molecule has 1 unspecified atom stereocenters. The van der Waals surface area contributed by atoms with E-state index in [1.807, 2.05) is 30.5 Å². The highest BCUT2D eigenvalue weighted by atomic mass is 35.5. The van der Waals surface area contributed by atoms with Gasteiger partial charge in [0.1, 0.15) is 5.03 Å². The van der Waals surface area contributed by atoms with E-state index >= 15 is 0 Å². The molecule has 1 aromatic carbocycles. The summed E-state index contributed by atoms with van der Waals surface area (Å²) in [5.74, 6) is 0. The molecule has 0 bridgehead atoms. The van der Waals surface area contributed by atoms with Crippen LogP contribution in [0.3, 0.4) is 0 Å². The van der Waals surface area contributed by atoms with Gasteiger partial charge in [0, 0.05) is 17.1 Å². The SMILES string of the molecule is CCC(N)Cc1cnc(Sc2ccccc2Cl)c(C)c1. The summed E-state index contributed by atoms with van der Waals surface area (Å²) < 4.78 is 0. The van der Waals surface area contributed by atoms with Gasteiger partial charge in [0.15, 0.2) is 0 Å². The molecule has 0 aliphatic carbocycles. The summed E-state index contributed by atoms with van der Waals surface area (Å²) in [6.45, 7) is 4.18. The number of aromatic nitrogens is 1. The fourth-order valence-corrected chi connectivity index (χ4v) is 3.01. The summed E-state index contributed by atoms with van der Waals surface area (Å²) in [6, 6.07) is 10.2. The van der Waals surface area contributed by atoms with E-state index < -0.39 is 0 Å². The maximum atomic E-state index is 6.18. The largest absolute Gasteiger partial charge is 0.327 e. The molecule has 1 atom stereocenters. The molecular weight excluding hydrogens is 288 g/mol. The summed E-state index contributed by atoms with van der Waals surface area (Å²) >= 11 is 7.78. The first-order chi connectivity index (χ1) is 9.60. The van der Waals surface area contributed by atoms with Crippen molar-refractivity contribution in [2.45, 2.75) is 42.7 Å². The smallest absolute Gasteiger partial charge is 0.104 e. The number of nitrogens with two attached hydrogens (primary N) is 1. The Balaban J connectivity index is 2.16. The van der Waals surface area contributed by atoms with Crippen LogP contribution >= 0.6 is 23.4 Å². The maximum absolute atomic E-state index is 6.18. The molecule has 0 saturated carbocycles. The van der Waals surface area contributed by atoms with Crippen molar-refractivity contribution in [3.8, 4) is 0 Å². The third-order valence-electron chi connectivity index (χ3n) is 3.15. The van der Waals surface area contributed by atoms with Gasteiger partial charge in [0.2, 0.25) is 0 Å². The van der Waals surface area contributed by atoms with E-state index in [1.54, 1.807) is 11.8 Å². The lowest BCUT2D eigenvalue weighted by molar-refractivity contribution is 0.644. The zero-order chi connectivity index (χ0) is 14.5. The van der Waals surface area contributed by atoms with Crippen LogP contribution in [-0.4, -0.2) is 11.0 Å². The molecule has 0 spiro atoms. The zero-order valence-corrected chi connectivity index (χ0v) is 13.3. The number of rotatable bonds is 5. The molecule has 2 aromatic rings. The predicted octanol–water partition coefficient (Wildman–Crippen LogP) is 4.47. The van der Waals surface area contributed by atoms with Gasteiger partial charge in [-0.15, -0.1) is 0 Å². The Kier molecular flexibility index (Phi) is 5.46. The molecule has 106 valence electrons. The molecule has 2 nitrogen and oxygen atoms in total. The van der Waals surface area contributed by atoms with Crippen LogP contribution in [0.15, 0.2) is 46.5 Å². The average molecular weight is 307 g/mol. The number of hydrogen-bond donors (Lipinski definition) is 1. The van der Waals surface area contributed by atoms with Gasteiger partial charge in [-0.1, -0.05) is 48.5 Å². The number of halogens is 1. The molecule has 1 heterocycles. The molecule has 1 aromatic heterocycles. The summed E-state index contributed by atoms with van der Waals surface area (Å²) in [4.78, 5) is 5.58. The first-order valence-corrected chi connectivity index (χ1v) is 7.93. The minimum atomic E-state index is 0.207. The van der Waals surface area contributed by atoms with E-state index in [0.29, 0.717) is 0 Å². The second-order valence-corrected chi connectivity index (χ2v) is 6.31. The molecule has 0 saturated heterocycles. The van der Waals surface area contributed by atoms with Gasteiger partial charge in [-0.3, -0.25) is 0 Å². The van der Waals surface area contributed by atoms with Crippen molar-refractivity contribution < 1.29 is 0 Å². The third-order valence-corrected chi connectivity index (χ3v) is 4.79. The van der Waals surface area contributed by atoms with Crippen molar-refractivity contribution in [3.05, 3.63) is 52.7 Å². The fourth-order valence-electron chi connectivity index (χ4n) is 1.92. The van der Waals surface area contributed by atoms with Crippen molar-refractivity contribution >= 4 is 23.4 Å². The first-order valence-electron chi connectivity index (χ1n) is 6.73. The van der Waals surface area contributed by atoms with E-state index in [4.69, 9.17) is 17.3 Å². The maximum Gasteiger partial charge on any atom is 0.104 e. The predicted molar refractivity (Wildman–Crippen MR) is 86.5 cm³/mol. The molecule has 0 radical (unpaired) electrons. The Labute approximate surface area is 129 Å². The molecule has 0 amide bonds. The van der Waals surface area contributed by atoms with Gasteiger partial charge >= 0.3 is 0 Å². The number of hydrogen-bond acceptors (Lipinski definition) is 3. The number of pyridine rings is 1. The van der Waals surface area contributed by atoms with Crippen LogP contribution in [0.4, 0.5) is 0 Å². The Bertz CT molecular complexity index is 586. The van der Waals surface area contributed by atoms with E-state index in [9.17, 15) is 0 Å². The van der Waals surface area contributed by atoms with Crippen molar-refractivity contribution in [2.75, 3.05) is 0 Å². The quantitative estimate of drug-likeness (QED) is 0.885. The molecule has 2 N–H and O–H groups in total. The molecule has 0 aliphatic heterocycles. The number of benzene rings is 1. The van der Waals surface area contributed by atoms with E-state index in [2.05, 4.69) is 24.9 Å². The van der Waals surface area contributed by atoms with Crippen LogP contribution in [0.1, 0.15) is 24.5 Å². The topological polar surface area (TPSA) is 38.9 Å². The van der Waals surface area contributed by atoms with Gasteiger partial charge in [0.25, 0.3) is 0 Å². The molecular formula is C16H19ClN2S. The van der Waals surface area contributed by atoms with Crippen LogP contribution in [0.25, 0.3) is 0 Å². The van der Waals surface area contributed by atoms with Crippen molar-refractivity contribution in [3.63, 3.8) is 0 Å². The van der Waals surface area contributed by atoms with E-state index in [1.165, 1.54) is 5.56 Å². The minimum Gasteiger partial charge on any atom is -0.327 e. The number of nitrogens with zero attached hydrogens (tertiary/aromatic N) is 1. The van der Waals surface area contributed by atoms with Crippen molar-refractivity contribution in [1.29, 1.82) is 0 Å². The van der Waals surface area contributed by atoms with Crippen LogP contribution in [0, 0.1) is 6.92 Å². The van der Waals surface area contributed by atoms with Gasteiger partial charge in [-0.2, -0.15) is 0 Å². The van der Waals surface area contributed by atoms with Crippen LogP contribution in [-0.2, 0) is 6.42 Å². The summed E-state index contributed by atoms with van der Waals surface area (Å²) in [5.41, 5.74) is 8.34. The van der Waals surface area contributed by atoms with E-state index in [0.717, 1.165) is 33.3 Å². The summed E-state index contributed by atoms with van der Waals surface area (Å²) in [7, 11) is 0. The van der Waals surface area contributed by atoms with Gasteiger partial charge in [0.05, 0.1) is 5.02 Å². The van der Waals surface area contributed by atoms with Crippen molar-refractivity contribution in [2.24, 2.45) is 5.73 Å². The Morgan fingerprint density at radius 3 is 2.75 bits per heavy atom. The van der Waals surface area contributed by atoms with Crippen LogP contribution < -0.4 is 5.73 Å². The zero-order valence-electron chi connectivity index (χ0n) is 11.8. The fraction of sp³-hybridized carbons (Fsp3) is 0.312. The molecule has 0 fully saturated rings. The normalized spacial score (nSPS) is 12.4. The Morgan fingerprint density at radius 1 is 1.35 bits per heavy atom. The second-order valence-electron chi connectivity index (χ2n) is 4.87. The minimum absolute atomic E-state index is 0.207. The van der Waals surface area contributed by atoms with Crippen LogP contribution in [0.2, 0.25) is 5.02 Å². The number of aryl methyl sites for hydroxylation is 1. The van der Waals surface area contributed by atoms with Gasteiger partial charge in [-0.25, -0.2) is 4.98 Å². The standard InChI is InChI=1S/C16H19ClN2S/c1-3-13(18)9-12-8-11(2)16(19-10-12)20-15-7-5-4-6-14(15)17/h4-8,10,13H,3,9,18H2,1-2H3. The van der Waals surface area contributed by atoms with E-state index in [-0.39, 0.29) is 6.04 Å². The highest BCUT2D eigenvalue weighted by Gasteiger charge is 2.08. The Morgan fingerprint density at radius 2 is 2.10 bits per heavy atom. The van der Waals surface area contributed by atoms with Crippen molar-refractivity contribution in [1.82, 2.24) is 4.98 Å². The Hall–Kier alpha value is -1.03. The molecule has 2 rings (SSSR count). The summed E-state index contributed by atoms with van der Waals surface area (Å²) in [6.07, 6.45) is 3.78. The lowest BCUT2D eigenvalue weighted by atomic mass is 10.1. The monoisotopic (exact) mass is 306 g/mol. The molecule has 4 heteroatoms. The molecule has 0 aliphatic rings. The lowest BCUT2D eigenvalue weighted by Crippen LogP contribution is -2.21. The summed E-state index contributed by atoms with van der Waals surface area (Å²) in [5, 5.41) is 1.75. The van der Waals surface area contributed by atoms with Gasteiger partial charge < -0.3 is 5.73 Å². The van der Waals surface area contributed by atoms with Gasteiger partial charge in [-0.05, 0) is 43.0 Å². The molecule has 20 heavy (non-hydrogen) atoms. The lowest BCUT2D eigenvalue weighted by Gasteiger charge is -2.11.